The summed E-state index contributed by atoms with van der Waals surface area (Å²) >= 11 is 6.07. The van der Waals surface area contributed by atoms with Crippen molar-refractivity contribution in [2.45, 2.75) is 53.1 Å². The smallest absolute Gasteiger partial charge is 0.0409 e. The monoisotopic (exact) mass is 310 g/mol. The predicted molar refractivity (Wildman–Crippen MR) is 93.9 cm³/mol. The Morgan fingerprint density at radius 2 is 2.05 bits per heavy atom. The van der Waals surface area contributed by atoms with Crippen LogP contribution in [0, 0.1) is 5.41 Å². The van der Waals surface area contributed by atoms with Gasteiger partial charge in [0, 0.05) is 30.7 Å². The number of rotatable bonds is 9. The predicted octanol–water partition coefficient (Wildman–Crippen LogP) is 4.58. The van der Waals surface area contributed by atoms with Gasteiger partial charge in [-0.05, 0) is 36.6 Å². The zero-order valence-electron chi connectivity index (χ0n) is 14.2. The fourth-order valence-electron chi connectivity index (χ4n) is 2.93. The van der Waals surface area contributed by atoms with Crippen molar-refractivity contribution in [3.8, 4) is 0 Å². The van der Waals surface area contributed by atoms with Gasteiger partial charge in [-0.3, -0.25) is 0 Å². The molecule has 1 unspecified atom stereocenters. The van der Waals surface area contributed by atoms with E-state index in [9.17, 15) is 0 Å². The molecule has 0 aliphatic heterocycles. The number of nitrogens with one attached hydrogen (secondary N) is 1. The fraction of sp³-hybridized carbons (Fsp3) is 0.667. The fourth-order valence-corrected chi connectivity index (χ4v) is 3.14. The van der Waals surface area contributed by atoms with E-state index in [1.165, 1.54) is 18.4 Å². The molecule has 120 valence electrons. The Labute approximate surface area is 135 Å². The molecule has 1 rings (SSSR count). The van der Waals surface area contributed by atoms with Crippen molar-refractivity contribution in [1.82, 2.24) is 10.2 Å². The Kier molecular flexibility index (Phi) is 7.72. The summed E-state index contributed by atoms with van der Waals surface area (Å²) in [6, 6.07) is 8.70. The van der Waals surface area contributed by atoms with Crippen molar-refractivity contribution in [2.75, 3.05) is 20.1 Å². The molecule has 1 atom stereocenters. The van der Waals surface area contributed by atoms with Crippen molar-refractivity contribution in [1.29, 1.82) is 0 Å². The lowest BCUT2D eigenvalue weighted by Crippen LogP contribution is -2.42. The second-order valence-corrected chi connectivity index (χ2v) is 7.33. The molecule has 3 heteroatoms. The molecule has 1 aromatic rings. The second-order valence-electron chi connectivity index (χ2n) is 6.90. The van der Waals surface area contributed by atoms with Gasteiger partial charge >= 0.3 is 0 Å². The third kappa shape index (κ3) is 7.30. The molecule has 0 radical (unpaired) electrons. The van der Waals surface area contributed by atoms with Gasteiger partial charge in [-0.25, -0.2) is 0 Å². The van der Waals surface area contributed by atoms with Gasteiger partial charge in [0.1, 0.15) is 0 Å². The summed E-state index contributed by atoms with van der Waals surface area (Å²) in [7, 11) is 2.20. The quantitative estimate of drug-likeness (QED) is 0.718. The van der Waals surface area contributed by atoms with Gasteiger partial charge in [-0.2, -0.15) is 0 Å². The van der Waals surface area contributed by atoms with Gasteiger partial charge in [0.15, 0.2) is 0 Å². The molecule has 0 aliphatic rings. The van der Waals surface area contributed by atoms with E-state index in [4.69, 9.17) is 11.6 Å². The molecular formula is C18H31ClN2. The van der Waals surface area contributed by atoms with Crippen molar-refractivity contribution >= 4 is 11.6 Å². The van der Waals surface area contributed by atoms with Crippen molar-refractivity contribution in [3.63, 3.8) is 0 Å². The minimum atomic E-state index is 0.312. The van der Waals surface area contributed by atoms with Crippen LogP contribution in [0.15, 0.2) is 24.3 Å². The highest BCUT2D eigenvalue weighted by Crippen LogP contribution is 2.24. The first-order valence-electron chi connectivity index (χ1n) is 8.01. The number of hydrogen-bond acceptors (Lipinski definition) is 2. The molecule has 0 bridgehead atoms. The Hall–Kier alpha value is -0.570. The number of nitrogens with zero attached hydrogens (tertiary/aromatic N) is 1. The summed E-state index contributed by atoms with van der Waals surface area (Å²) < 4.78 is 0. The minimum absolute atomic E-state index is 0.312. The molecule has 0 heterocycles. The molecule has 0 aromatic heterocycles. The highest BCUT2D eigenvalue weighted by atomic mass is 35.5. The molecule has 1 N–H and O–H groups in total. The molecule has 0 aliphatic carbocycles. The van der Waals surface area contributed by atoms with Crippen molar-refractivity contribution in [2.24, 2.45) is 5.41 Å². The zero-order valence-corrected chi connectivity index (χ0v) is 15.0. The third-order valence-electron chi connectivity index (χ3n) is 3.78. The van der Waals surface area contributed by atoms with Crippen LogP contribution >= 0.6 is 11.6 Å². The summed E-state index contributed by atoms with van der Waals surface area (Å²) in [5.74, 6) is 0. The van der Waals surface area contributed by atoms with Gasteiger partial charge < -0.3 is 10.2 Å². The van der Waals surface area contributed by atoms with Gasteiger partial charge in [0.25, 0.3) is 0 Å². The number of halogens is 1. The topological polar surface area (TPSA) is 15.3 Å². The van der Waals surface area contributed by atoms with E-state index in [2.05, 4.69) is 57.1 Å². The van der Waals surface area contributed by atoms with E-state index in [-0.39, 0.29) is 0 Å². The molecule has 0 spiro atoms. The van der Waals surface area contributed by atoms with Crippen LogP contribution in [0.25, 0.3) is 0 Å². The number of hydrogen-bond donors (Lipinski definition) is 1. The summed E-state index contributed by atoms with van der Waals surface area (Å²) in [6.45, 7) is 12.2. The first kappa shape index (κ1) is 18.5. The lowest BCUT2D eigenvalue weighted by molar-refractivity contribution is 0.165. The van der Waals surface area contributed by atoms with E-state index in [0.717, 1.165) is 24.7 Å². The first-order chi connectivity index (χ1) is 9.84. The molecule has 2 nitrogen and oxygen atoms in total. The average molecular weight is 311 g/mol. The van der Waals surface area contributed by atoms with Crippen LogP contribution in [0.5, 0.6) is 0 Å². The summed E-state index contributed by atoms with van der Waals surface area (Å²) in [6.07, 6.45) is 2.47. The van der Waals surface area contributed by atoms with E-state index in [1.54, 1.807) is 0 Å². The van der Waals surface area contributed by atoms with Gasteiger partial charge in [0.05, 0.1) is 0 Å². The Bertz CT molecular complexity index is 419. The van der Waals surface area contributed by atoms with Crippen LogP contribution in [0.2, 0.25) is 5.02 Å². The minimum Gasteiger partial charge on any atom is -0.314 e. The Morgan fingerprint density at radius 1 is 1.33 bits per heavy atom. The first-order valence-corrected chi connectivity index (χ1v) is 8.39. The standard InChI is InChI=1S/C18H31ClN2/c1-6-10-18(4,13-20-15(2)3)14-21(5)12-16-8-7-9-17(19)11-16/h7-9,11,15,20H,6,10,12-14H2,1-5H3. The number of benzene rings is 1. The van der Waals surface area contributed by atoms with Crippen LogP contribution in [-0.4, -0.2) is 31.1 Å². The molecule has 0 fully saturated rings. The van der Waals surface area contributed by atoms with Crippen LogP contribution in [-0.2, 0) is 6.54 Å². The molecule has 0 saturated carbocycles. The van der Waals surface area contributed by atoms with E-state index >= 15 is 0 Å². The van der Waals surface area contributed by atoms with Gasteiger partial charge in [-0.1, -0.05) is 57.8 Å². The molecule has 1 aromatic carbocycles. The van der Waals surface area contributed by atoms with E-state index in [1.807, 2.05) is 12.1 Å². The van der Waals surface area contributed by atoms with Crippen molar-refractivity contribution in [3.05, 3.63) is 34.9 Å². The molecule has 0 amide bonds. The normalized spacial score (nSPS) is 14.7. The second kappa shape index (κ2) is 8.77. The SMILES string of the molecule is CCCC(C)(CNC(C)C)CN(C)Cc1cccc(Cl)c1. The van der Waals surface area contributed by atoms with Crippen LogP contribution in [0.3, 0.4) is 0 Å². The molecule has 0 saturated heterocycles. The Balaban J connectivity index is 2.60. The molecular weight excluding hydrogens is 280 g/mol. The van der Waals surface area contributed by atoms with E-state index in [0.29, 0.717) is 11.5 Å². The maximum atomic E-state index is 6.07. The van der Waals surface area contributed by atoms with Crippen LogP contribution in [0.4, 0.5) is 0 Å². The van der Waals surface area contributed by atoms with Crippen LogP contribution in [0.1, 0.15) is 46.1 Å². The van der Waals surface area contributed by atoms with E-state index < -0.39 is 0 Å². The lowest BCUT2D eigenvalue weighted by atomic mass is 9.84. The lowest BCUT2D eigenvalue weighted by Gasteiger charge is -2.35. The average Bonchev–Trinajstić information content (AvgIpc) is 2.36. The molecule has 21 heavy (non-hydrogen) atoms. The Morgan fingerprint density at radius 3 is 2.62 bits per heavy atom. The highest BCUT2D eigenvalue weighted by Gasteiger charge is 2.25. The maximum absolute atomic E-state index is 6.07. The zero-order chi connectivity index (χ0) is 15.9. The third-order valence-corrected chi connectivity index (χ3v) is 4.02. The van der Waals surface area contributed by atoms with Crippen molar-refractivity contribution < 1.29 is 0 Å². The maximum Gasteiger partial charge on any atom is 0.0409 e. The summed E-state index contributed by atoms with van der Waals surface area (Å²) in [4.78, 5) is 2.41. The largest absolute Gasteiger partial charge is 0.314 e. The highest BCUT2D eigenvalue weighted by molar-refractivity contribution is 6.30. The van der Waals surface area contributed by atoms with Crippen LogP contribution < -0.4 is 5.32 Å². The summed E-state index contributed by atoms with van der Waals surface area (Å²) in [5.41, 5.74) is 1.59. The van der Waals surface area contributed by atoms with Gasteiger partial charge in [0.2, 0.25) is 0 Å². The summed E-state index contributed by atoms with van der Waals surface area (Å²) in [5, 5.41) is 4.42. The van der Waals surface area contributed by atoms with Gasteiger partial charge in [-0.15, -0.1) is 0 Å².